The highest BCUT2D eigenvalue weighted by Gasteiger charge is 2.28. The lowest BCUT2D eigenvalue weighted by atomic mass is 9.97. The number of likely N-dealkylation sites (tertiary alicyclic amines) is 1. The molecule has 2 aromatic heterocycles. The van der Waals surface area contributed by atoms with Crippen LogP contribution in [0.25, 0.3) is 11.5 Å². The first-order valence-electron chi connectivity index (χ1n) is 9.88. The Morgan fingerprint density at radius 3 is 2.42 bits per heavy atom. The molecule has 0 radical (unpaired) electrons. The number of amides is 3. The molecule has 1 saturated heterocycles. The van der Waals surface area contributed by atoms with Crippen molar-refractivity contribution in [2.24, 2.45) is 0 Å². The number of anilines is 2. The van der Waals surface area contributed by atoms with E-state index in [0.717, 1.165) is 12.8 Å². The molecule has 160 valence electrons. The summed E-state index contributed by atoms with van der Waals surface area (Å²) in [5, 5.41) is 9.46. The Hall–Kier alpha value is -3.95. The molecule has 1 aromatic carbocycles. The third kappa shape index (κ3) is 4.97. The Kier molecular flexibility index (Phi) is 6.06. The average molecular weight is 422 g/mol. The summed E-state index contributed by atoms with van der Waals surface area (Å²) in [6.07, 6.45) is 2.61. The van der Waals surface area contributed by atoms with Gasteiger partial charge < -0.3 is 19.5 Å². The lowest BCUT2D eigenvalue weighted by Crippen LogP contribution is -2.40. The zero-order valence-electron chi connectivity index (χ0n) is 16.9. The summed E-state index contributed by atoms with van der Waals surface area (Å²) in [5.74, 6) is 1.16. The van der Waals surface area contributed by atoms with E-state index in [9.17, 15) is 9.59 Å². The number of piperidine rings is 1. The van der Waals surface area contributed by atoms with Crippen LogP contribution in [0, 0.1) is 0 Å². The van der Waals surface area contributed by atoms with Gasteiger partial charge in [-0.2, -0.15) is 4.98 Å². The van der Waals surface area contributed by atoms with Gasteiger partial charge in [0.1, 0.15) is 5.69 Å². The van der Waals surface area contributed by atoms with Crippen LogP contribution in [0.1, 0.15) is 24.7 Å². The van der Waals surface area contributed by atoms with E-state index < -0.39 is 6.09 Å². The zero-order chi connectivity index (χ0) is 21.6. The van der Waals surface area contributed by atoms with Gasteiger partial charge in [0.25, 0.3) is 0 Å². The van der Waals surface area contributed by atoms with Crippen LogP contribution in [0.5, 0.6) is 0 Å². The minimum atomic E-state index is -0.548. The fourth-order valence-electron chi connectivity index (χ4n) is 3.34. The van der Waals surface area contributed by atoms with Gasteiger partial charge in [0.2, 0.25) is 11.7 Å². The van der Waals surface area contributed by atoms with Crippen LogP contribution in [-0.4, -0.2) is 52.3 Å². The number of urea groups is 1. The van der Waals surface area contributed by atoms with Gasteiger partial charge in [0.15, 0.2) is 0 Å². The van der Waals surface area contributed by atoms with E-state index in [1.165, 1.54) is 7.11 Å². The monoisotopic (exact) mass is 422 g/mol. The van der Waals surface area contributed by atoms with Crippen LogP contribution >= 0.6 is 0 Å². The molecule has 3 aromatic rings. The molecule has 3 heterocycles. The lowest BCUT2D eigenvalue weighted by Gasteiger charge is -2.30. The Balaban J connectivity index is 1.29. The number of rotatable bonds is 4. The number of ether oxygens (including phenoxy) is 1. The summed E-state index contributed by atoms with van der Waals surface area (Å²) in [7, 11) is 1.30. The van der Waals surface area contributed by atoms with Crippen LogP contribution in [-0.2, 0) is 4.74 Å². The molecule has 10 nitrogen and oxygen atoms in total. The van der Waals surface area contributed by atoms with Gasteiger partial charge in [-0.3, -0.25) is 10.3 Å². The maximum atomic E-state index is 12.6. The smallest absolute Gasteiger partial charge is 0.411 e. The maximum absolute atomic E-state index is 12.6. The predicted octanol–water partition coefficient (Wildman–Crippen LogP) is 3.72. The van der Waals surface area contributed by atoms with Crippen molar-refractivity contribution >= 4 is 23.5 Å². The van der Waals surface area contributed by atoms with Gasteiger partial charge in [0, 0.05) is 36.6 Å². The molecule has 31 heavy (non-hydrogen) atoms. The Morgan fingerprint density at radius 2 is 1.77 bits per heavy atom. The first-order valence-corrected chi connectivity index (χ1v) is 9.88. The van der Waals surface area contributed by atoms with E-state index >= 15 is 0 Å². The van der Waals surface area contributed by atoms with Crippen LogP contribution in [0.4, 0.5) is 21.0 Å². The van der Waals surface area contributed by atoms with Crippen molar-refractivity contribution in [2.75, 3.05) is 30.8 Å². The average Bonchev–Trinajstić information content (AvgIpc) is 3.31. The molecule has 2 N–H and O–H groups in total. The summed E-state index contributed by atoms with van der Waals surface area (Å²) >= 11 is 0. The zero-order valence-corrected chi connectivity index (χ0v) is 16.9. The highest BCUT2D eigenvalue weighted by atomic mass is 16.5. The number of methoxy groups -OCH3 is 1. The van der Waals surface area contributed by atoms with Crippen molar-refractivity contribution in [1.29, 1.82) is 0 Å². The van der Waals surface area contributed by atoms with Crippen molar-refractivity contribution in [3.8, 4) is 11.5 Å². The van der Waals surface area contributed by atoms with Crippen molar-refractivity contribution in [3.05, 3.63) is 54.6 Å². The second kappa shape index (κ2) is 9.24. The molecule has 0 spiro atoms. The third-order valence-electron chi connectivity index (χ3n) is 5.04. The minimum Gasteiger partial charge on any atom is -0.453 e. The highest BCUT2D eigenvalue weighted by molar-refractivity contribution is 5.90. The van der Waals surface area contributed by atoms with E-state index in [1.807, 2.05) is 18.2 Å². The molecular weight excluding hydrogens is 400 g/mol. The number of carbonyl (C=O) groups excluding carboxylic acids is 2. The molecule has 0 unspecified atom stereocenters. The molecule has 0 atom stereocenters. The number of aromatic nitrogens is 3. The molecule has 3 amide bonds. The number of hydrogen-bond donors (Lipinski definition) is 2. The number of nitrogens with zero attached hydrogens (tertiary/aromatic N) is 4. The molecule has 1 aliphatic rings. The second-order valence-corrected chi connectivity index (χ2v) is 7.06. The summed E-state index contributed by atoms with van der Waals surface area (Å²) in [6.45, 7) is 1.17. The summed E-state index contributed by atoms with van der Waals surface area (Å²) < 4.78 is 9.99. The molecule has 10 heteroatoms. The Bertz CT molecular complexity index is 1030. The van der Waals surface area contributed by atoms with Crippen LogP contribution in [0.2, 0.25) is 0 Å². The summed E-state index contributed by atoms with van der Waals surface area (Å²) in [4.78, 5) is 34.3. The number of hydrogen-bond acceptors (Lipinski definition) is 7. The normalized spacial score (nSPS) is 14.2. The number of pyridine rings is 1. The molecule has 4 rings (SSSR count). The van der Waals surface area contributed by atoms with E-state index in [1.54, 1.807) is 35.4 Å². The topological polar surface area (TPSA) is 122 Å². The van der Waals surface area contributed by atoms with Crippen molar-refractivity contribution in [3.63, 3.8) is 0 Å². The maximum Gasteiger partial charge on any atom is 0.411 e. The van der Waals surface area contributed by atoms with Crippen LogP contribution < -0.4 is 10.6 Å². The lowest BCUT2D eigenvalue weighted by molar-refractivity contribution is 0.186. The third-order valence-corrected chi connectivity index (χ3v) is 5.04. The first kappa shape index (κ1) is 20.3. The first-order chi connectivity index (χ1) is 15.1. The molecule has 0 bridgehead atoms. The highest BCUT2D eigenvalue weighted by Crippen LogP contribution is 2.28. The van der Waals surface area contributed by atoms with Gasteiger partial charge in [-0.15, -0.1) is 0 Å². The number of benzene rings is 1. The number of nitrogens with one attached hydrogen (secondary N) is 2. The Morgan fingerprint density at radius 1 is 1.06 bits per heavy atom. The SMILES string of the molecule is COC(=O)Nc1ccc(NC(=O)N2CCC(c3nc(-c4ccccn4)no3)CC2)cc1. The van der Waals surface area contributed by atoms with E-state index in [0.29, 0.717) is 41.9 Å². The van der Waals surface area contributed by atoms with Crippen LogP contribution in [0.15, 0.2) is 53.2 Å². The van der Waals surface area contributed by atoms with Gasteiger partial charge >= 0.3 is 12.1 Å². The quantitative estimate of drug-likeness (QED) is 0.657. The summed E-state index contributed by atoms with van der Waals surface area (Å²) in [6, 6.07) is 12.2. The Labute approximate surface area is 178 Å². The standard InChI is InChI=1S/C21H22N6O4/c1-30-21(29)24-16-7-5-15(6-8-16)23-20(28)27-12-9-14(10-13-27)19-25-18(26-31-19)17-4-2-3-11-22-17/h2-8,11,14H,9-10,12-13H2,1H3,(H,23,28)(H,24,29). The second-order valence-electron chi connectivity index (χ2n) is 7.06. The predicted molar refractivity (Wildman–Crippen MR) is 113 cm³/mol. The van der Waals surface area contributed by atoms with Gasteiger partial charge in [0.05, 0.1) is 7.11 Å². The fourth-order valence-corrected chi connectivity index (χ4v) is 3.34. The molecule has 0 aliphatic carbocycles. The number of carbonyl (C=O) groups is 2. The molecular formula is C21H22N6O4. The van der Waals surface area contributed by atoms with E-state index in [-0.39, 0.29) is 11.9 Å². The van der Waals surface area contributed by atoms with Crippen LogP contribution in [0.3, 0.4) is 0 Å². The van der Waals surface area contributed by atoms with Gasteiger partial charge in [-0.25, -0.2) is 9.59 Å². The molecule has 1 fully saturated rings. The van der Waals surface area contributed by atoms with Crippen molar-refractivity contribution in [1.82, 2.24) is 20.0 Å². The molecule has 1 aliphatic heterocycles. The largest absolute Gasteiger partial charge is 0.453 e. The summed E-state index contributed by atoms with van der Waals surface area (Å²) in [5.41, 5.74) is 1.89. The van der Waals surface area contributed by atoms with Crippen molar-refractivity contribution < 1.29 is 18.8 Å². The molecule has 0 saturated carbocycles. The minimum absolute atomic E-state index is 0.109. The van der Waals surface area contributed by atoms with E-state index in [2.05, 4.69) is 30.5 Å². The van der Waals surface area contributed by atoms with E-state index in [4.69, 9.17) is 4.52 Å². The fraction of sp³-hybridized carbons (Fsp3) is 0.286. The van der Waals surface area contributed by atoms with Gasteiger partial charge in [-0.1, -0.05) is 11.2 Å². The van der Waals surface area contributed by atoms with Crippen molar-refractivity contribution in [2.45, 2.75) is 18.8 Å². The van der Waals surface area contributed by atoms with Gasteiger partial charge in [-0.05, 0) is 49.2 Å².